The predicted octanol–water partition coefficient (Wildman–Crippen LogP) is 7.06. The summed E-state index contributed by atoms with van der Waals surface area (Å²) < 4.78 is 0.589. The van der Waals surface area contributed by atoms with Crippen LogP contribution in [0.1, 0.15) is 150 Å². The van der Waals surface area contributed by atoms with Crippen molar-refractivity contribution in [3.63, 3.8) is 0 Å². The van der Waals surface area contributed by atoms with Crippen molar-refractivity contribution in [2.45, 2.75) is 150 Å². The number of hydrogen-bond donors (Lipinski definition) is 2. The summed E-state index contributed by atoms with van der Waals surface area (Å²) in [6, 6.07) is 0. The molecule has 0 rings (SSSR count). The number of nitrogens with zero attached hydrogens (tertiary/aromatic N) is 1. The highest BCUT2D eigenvalue weighted by molar-refractivity contribution is 5.69. The van der Waals surface area contributed by atoms with E-state index in [1.54, 1.807) is 20.8 Å². The highest BCUT2D eigenvalue weighted by Gasteiger charge is 2.30. The lowest BCUT2D eigenvalue weighted by atomic mass is 10.0. The number of carbonyl (C=O) groups excluding carboxylic acids is 1. The highest BCUT2D eigenvalue weighted by atomic mass is 16.4. The Morgan fingerprint density at radius 1 is 0.525 bits per heavy atom. The van der Waals surface area contributed by atoms with E-state index in [9.17, 15) is 29.7 Å². The highest BCUT2D eigenvalue weighted by Crippen LogP contribution is 2.22. The van der Waals surface area contributed by atoms with Gasteiger partial charge in [0.05, 0.1) is 38.0 Å². The van der Waals surface area contributed by atoms with E-state index in [0.29, 0.717) is 43.4 Å². The van der Waals surface area contributed by atoms with E-state index in [0.717, 1.165) is 19.4 Å². The molecule has 0 fully saturated rings. The van der Waals surface area contributed by atoms with Crippen LogP contribution >= 0.6 is 0 Å². The molecule has 0 aromatic carbocycles. The first-order chi connectivity index (χ1) is 19.0. The minimum absolute atomic E-state index is 0.449. The quantitative estimate of drug-likeness (QED) is 0.0736. The van der Waals surface area contributed by atoms with Crippen molar-refractivity contribution in [3.8, 4) is 0 Å². The minimum Gasteiger partial charge on any atom is -0.550 e. The molecule has 0 bridgehead atoms. The molecule has 0 aliphatic carbocycles. The zero-order chi connectivity index (χ0) is 30.2. The maximum absolute atomic E-state index is 11.5. The fourth-order valence-electron chi connectivity index (χ4n) is 5.43. The number of unbranched alkanes of at least 4 members (excludes halogenated alkanes) is 15. The van der Waals surface area contributed by atoms with Crippen LogP contribution in [0.3, 0.4) is 0 Å². The number of carboxylic acids is 3. The average Bonchev–Trinajstić information content (AvgIpc) is 2.92. The smallest absolute Gasteiger partial charge is 0.306 e. The molecule has 0 aliphatic rings. The molecule has 7 heteroatoms. The van der Waals surface area contributed by atoms with Crippen LogP contribution in [0, 0.1) is 17.8 Å². The second kappa shape index (κ2) is 24.0. The summed E-state index contributed by atoms with van der Waals surface area (Å²) in [5, 5.41) is 30.2. The molecule has 0 aliphatic heterocycles. The average molecular weight is 570 g/mol. The summed E-state index contributed by atoms with van der Waals surface area (Å²) in [6.07, 6.45) is 22.2. The first-order valence-corrected chi connectivity index (χ1v) is 16.6. The first kappa shape index (κ1) is 38.4. The van der Waals surface area contributed by atoms with Crippen molar-refractivity contribution in [2.24, 2.45) is 17.8 Å². The van der Waals surface area contributed by atoms with Gasteiger partial charge in [0.25, 0.3) is 0 Å². The van der Waals surface area contributed by atoms with Gasteiger partial charge in [0.2, 0.25) is 0 Å². The molecule has 3 unspecified atom stereocenters. The largest absolute Gasteiger partial charge is 0.550 e. The molecular formula is C33H63NO6. The fourth-order valence-corrected chi connectivity index (χ4v) is 5.43. The number of quaternary nitrogens is 1. The Bertz CT molecular complexity index is 608. The van der Waals surface area contributed by atoms with Gasteiger partial charge >= 0.3 is 11.9 Å². The summed E-state index contributed by atoms with van der Waals surface area (Å²) >= 11 is 0. The van der Waals surface area contributed by atoms with Gasteiger partial charge in [-0.15, -0.1) is 0 Å². The lowest BCUT2D eigenvalue weighted by molar-refractivity contribution is -0.929. The van der Waals surface area contributed by atoms with Crippen LogP contribution in [0.15, 0.2) is 0 Å². The lowest BCUT2D eigenvalue weighted by Gasteiger charge is -2.41. The second-order valence-corrected chi connectivity index (χ2v) is 12.6. The number of carboxylic acid groups (broad SMARTS) is 3. The molecule has 7 nitrogen and oxygen atoms in total. The van der Waals surface area contributed by atoms with Crippen LogP contribution < -0.4 is 5.11 Å². The van der Waals surface area contributed by atoms with E-state index in [4.69, 9.17) is 0 Å². The zero-order valence-electron chi connectivity index (χ0n) is 26.5. The van der Waals surface area contributed by atoms with Gasteiger partial charge in [-0.2, -0.15) is 0 Å². The Balaban J connectivity index is 4.59. The molecule has 0 aromatic heterocycles. The third kappa shape index (κ3) is 20.3. The normalized spacial score (nSPS) is 15.3. The van der Waals surface area contributed by atoms with E-state index < -0.39 is 35.7 Å². The molecule has 0 saturated heterocycles. The van der Waals surface area contributed by atoms with Crippen LogP contribution in [0.25, 0.3) is 0 Å². The molecule has 0 aromatic rings. The van der Waals surface area contributed by atoms with E-state index >= 15 is 0 Å². The van der Waals surface area contributed by atoms with Gasteiger partial charge in [-0.3, -0.25) is 9.59 Å². The van der Waals surface area contributed by atoms with Crippen molar-refractivity contribution in [2.75, 3.05) is 26.2 Å². The van der Waals surface area contributed by atoms with Gasteiger partial charge in [0, 0.05) is 31.1 Å². The molecule has 40 heavy (non-hydrogen) atoms. The lowest BCUT2D eigenvalue weighted by Crippen LogP contribution is -2.52. The van der Waals surface area contributed by atoms with Crippen LogP contribution in [-0.4, -0.2) is 58.8 Å². The predicted molar refractivity (Wildman–Crippen MR) is 161 cm³/mol. The Hall–Kier alpha value is -1.63. The Kier molecular flexibility index (Phi) is 23.0. The monoisotopic (exact) mass is 569 g/mol. The van der Waals surface area contributed by atoms with Gasteiger partial charge in [0.15, 0.2) is 0 Å². The second-order valence-electron chi connectivity index (χ2n) is 12.6. The van der Waals surface area contributed by atoms with Crippen molar-refractivity contribution in [1.82, 2.24) is 0 Å². The number of carbonyl (C=O) groups is 3. The SMILES string of the molecule is CCCCCCCCCCCCCCCCCC[N+](CCC(C)C(=O)[O-])(CCC(C)C(=O)O)CCC(C)C(=O)O. The molecule has 0 saturated carbocycles. The Morgan fingerprint density at radius 3 is 1.12 bits per heavy atom. The van der Waals surface area contributed by atoms with E-state index in [1.807, 2.05) is 0 Å². The Morgan fingerprint density at radius 2 is 0.825 bits per heavy atom. The molecule has 2 N–H and O–H groups in total. The summed E-state index contributed by atoms with van der Waals surface area (Å²) in [4.78, 5) is 34.3. The van der Waals surface area contributed by atoms with Gasteiger partial charge in [-0.1, -0.05) is 118 Å². The fraction of sp³-hybridized carbons (Fsp3) is 0.909. The third-order valence-electron chi connectivity index (χ3n) is 8.84. The molecule has 0 spiro atoms. The molecule has 0 amide bonds. The van der Waals surface area contributed by atoms with E-state index in [2.05, 4.69) is 6.92 Å². The molecule has 0 heterocycles. The van der Waals surface area contributed by atoms with E-state index in [1.165, 1.54) is 89.9 Å². The maximum Gasteiger partial charge on any atom is 0.306 e. The van der Waals surface area contributed by atoms with Crippen molar-refractivity contribution in [3.05, 3.63) is 0 Å². The Labute approximate surface area is 245 Å². The minimum atomic E-state index is -1.07. The van der Waals surface area contributed by atoms with Crippen LogP contribution in [-0.2, 0) is 14.4 Å². The summed E-state index contributed by atoms with van der Waals surface area (Å²) in [6.45, 7) is 10.0. The standard InChI is InChI=1S/C33H63NO6/c1-5-6-7-8-9-10-11-12-13-14-15-16-17-18-19-20-24-34(25-21-28(2)31(35)36,26-22-29(3)32(37)38)27-23-30(4)33(39)40/h28-30H,5-27H2,1-4H3,(H2-,35,36,37,38,39,40). The van der Waals surface area contributed by atoms with Crippen molar-refractivity contribution in [1.29, 1.82) is 0 Å². The van der Waals surface area contributed by atoms with Gasteiger partial charge in [-0.05, 0) is 12.8 Å². The third-order valence-corrected chi connectivity index (χ3v) is 8.84. The number of aliphatic carboxylic acids is 3. The zero-order valence-corrected chi connectivity index (χ0v) is 26.5. The molecule has 236 valence electrons. The number of rotatable bonds is 29. The maximum atomic E-state index is 11.5. The molecule has 0 radical (unpaired) electrons. The molecular weight excluding hydrogens is 506 g/mol. The van der Waals surface area contributed by atoms with Crippen molar-refractivity contribution < 1.29 is 34.2 Å². The summed E-state index contributed by atoms with van der Waals surface area (Å²) in [5.41, 5.74) is 0. The van der Waals surface area contributed by atoms with Gasteiger partial charge < -0.3 is 24.6 Å². The first-order valence-electron chi connectivity index (χ1n) is 16.6. The van der Waals surface area contributed by atoms with Crippen LogP contribution in [0.4, 0.5) is 0 Å². The molecule has 3 atom stereocenters. The van der Waals surface area contributed by atoms with Crippen molar-refractivity contribution >= 4 is 17.9 Å². The topological polar surface area (TPSA) is 115 Å². The van der Waals surface area contributed by atoms with Gasteiger partial charge in [0.1, 0.15) is 0 Å². The van der Waals surface area contributed by atoms with Crippen LogP contribution in [0.5, 0.6) is 0 Å². The summed E-state index contributed by atoms with van der Waals surface area (Å²) in [5.74, 6) is -4.29. The number of hydrogen-bond acceptors (Lipinski definition) is 4. The van der Waals surface area contributed by atoms with Gasteiger partial charge in [-0.25, -0.2) is 0 Å². The van der Waals surface area contributed by atoms with E-state index in [-0.39, 0.29) is 0 Å². The van der Waals surface area contributed by atoms with Crippen LogP contribution in [0.2, 0.25) is 0 Å². The summed E-state index contributed by atoms with van der Waals surface area (Å²) in [7, 11) is 0.